The van der Waals surface area contributed by atoms with Crippen molar-refractivity contribution in [2.45, 2.75) is 17.1 Å². The van der Waals surface area contributed by atoms with Gasteiger partial charge in [-0.1, -0.05) is 6.07 Å². The molecule has 19 heavy (non-hydrogen) atoms. The third-order valence-corrected chi connectivity index (χ3v) is 3.92. The Morgan fingerprint density at radius 3 is 2.84 bits per heavy atom. The number of aryl methyl sites for hydroxylation is 1. The molecule has 0 aliphatic rings. The normalized spacial score (nSPS) is 11.1. The smallest absolute Gasteiger partial charge is 0.197 e. The highest BCUT2D eigenvalue weighted by Crippen LogP contribution is 2.28. The Bertz CT molecular complexity index is 761. The lowest BCUT2D eigenvalue weighted by Gasteiger charge is -1.99. The molecular formula is C12H11N5OS. The van der Waals surface area contributed by atoms with E-state index in [1.165, 1.54) is 11.8 Å². The fraction of sp³-hybridized carbons (Fsp3) is 0.167. The molecule has 0 atom stereocenters. The van der Waals surface area contributed by atoms with Crippen LogP contribution < -0.4 is 0 Å². The van der Waals surface area contributed by atoms with Crippen LogP contribution >= 0.6 is 11.8 Å². The number of carbonyl (C=O) groups is 1. The highest BCUT2D eigenvalue weighted by molar-refractivity contribution is 7.99. The lowest BCUT2D eigenvalue weighted by molar-refractivity contribution is 0.111. The second-order valence-corrected chi connectivity index (χ2v) is 5.00. The van der Waals surface area contributed by atoms with Crippen LogP contribution in [0.5, 0.6) is 0 Å². The van der Waals surface area contributed by atoms with E-state index in [0.717, 1.165) is 17.8 Å². The van der Waals surface area contributed by atoms with Crippen LogP contribution in [-0.2, 0) is 7.05 Å². The van der Waals surface area contributed by atoms with E-state index in [9.17, 15) is 4.79 Å². The van der Waals surface area contributed by atoms with Gasteiger partial charge >= 0.3 is 0 Å². The van der Waals surface area contributed by atoms with Crippen LogP contribution in [0.15, 0.2) is 34.6 Å². The topological polar surface area (TPSA) is 65.1 Å². The molecule has 96 valence electrons. The minimum absolute atomic E-state index is 0.529. The Morgan fingerprint density at radius 1 is 1.32 bits per heavy atom. The Morgan fingerprint density at radius 2 is 2.16 bits per heavy atom. The number of hydrogen-bond acceptors (Lipinski definition) is 5. The van der Waals surface area contributed by atoms with Crippen LogP contribution in [0.2, 0.25) is 0 Å². The first-order valence-corrected chi connectivity index (χ1v) is 6.48. The summed E-state index contributed by atoms with van der Waals surface area (Å²) in [5.74, 6) is 0.818. The average molecular weight is 273 g/mol. The van der Waals surface area contributed by atoms with Crippen molar-refractivity contribution in [1.82, 2.24) is 24.1 Å². The van der Waals surface area contributed by atoms with Gasteiger partial charge in [-0.2, -0.15) is 0 Å². The number of carbonyl (C=O) groups excluding carboxylic acids is 1. The van der Waals surface area contributed by atoms with E-state index in [4.69, 9.17) is 0 Å². The van der Waals surface area contributed by atoms with Gasteiger partial charge in [0, 0.05) is 13.2 Å². The molecule has 3 heterocycles. The van der Waals surface area contributed by atoms with Crippen molar-refractivity contribution in [1.29, 1.82) is 0 Å². The zero-order valence-electron chi connectivity index (χ0n) is 10.4. The third kappa shape index (κ3) is 1.91. The first kappa shape index (κ1) is 11.9. The zero-order valence-corrected chi connectivity index (χ0v) is 11.3. The van der Waals surface area contributed by atoms with Gasteiger partial charge in [0.2, 0.25) is 0 Å². The molecule has 6 nitrogen and oxygen atoms in total. The summed E-state index contributed by atoms with van der Waals surface area (Å²) in [6.07, 6.45) is 2.63. The molecule has 0 spiro atoms. The SMILES string of the molecule is Cc1nnc(Sc2nc3ccccn3c2C=O)n1C. The number of aldehydes is 1. The first-order chi connectivity index (χ1) is 9.20. The summed E-state index contributed by atoms with van der Waals surface area (Å²) >= 11 is 1.34. The molecule has 7 heteroatoms. The van der Waals surface area contributed by atoms with Crippen molar-refractivity contribution in [3.05, 3.63) is 35.9 Å². The van der Waals surface area contributed by atoms with Gasteiger partial charge < -0.3 is 4.57 Å². The molecule has 0 aromatic carbocycles. The molecule has 3 aromatic heterocycles. The molecule has 0 unspecified atom stereocenters. The molecule has 0 bridgehead atoms. The van der Waals surface area contributed by atoms with E-state index in [2.05, 4.69) is 15.2 Å². The van der Waals surface area contributed by atoms with Gasteiger partial charge in [0.15, 0.2) is 11.4 Å². The van der Waals surface area contributed by atoms with Crippen molar-refractivity contribution in [2.75, 3.05) is 0 Å². The van der Waals surface area contributed by atoms with Crippen LogP contribution in [0.4, 0.5) is 0 Å². The van der Waals surface area contributed by atoms with E-state index in [-0.39, 0.29) is 0 Å². The molecule has 0 aliphatic carbocycles. The van der Waals surface area contributed by atoms with E-state index < -0.39 is 0 Å². The van der Waals surface area contributed by atoms with Gasteiger partial charge in [-0.25, -0.2) is 4.98 Å². The molecule has 0 radical (unpaired) electrons. The average Bonchev–Trinajstić information content (AvgIpc) is 2.93. The maximum atomic E-state index is 11.3. The van der Waals surface area contributed by atoms with Crippen molar-refractivity contribution in [2.24, 2.45) is 7.05 Å². The standard InChI is InChI=1S/C12H11N5OS/c1-8-14-15-12(16(8)2)19-11-9(7-18)17-6-4-3-5-10(17)13-11/h3-7H,1-2H3. The van der Waals surface area contributed by atoms with E-state index in [1.807, 2.05) is 42.9 Å². The van der Waals surface area contributed by atoms with Gasteiger partial charge in [-0.3, -0.25) is 9.20 Å². The van der Waals surface area contributed by atoms with Gasteiger partial charge in [0.05, 0.1) is 0 Å². The number of rotatable bonds is 3. The number of pyridine rings is 1. The maximum Gasteiger partial charge on any atom is 0.197 e. The summed E-state index contributed by atoms with van der Waals surface area (Å²) in [6, 6.07) is 5.61. The summed E-state index contributed by atoms with van der Waals surface area (Å²) in [4.78, 5) is 15.7. The molecule has 0 saturated carbocycles. The second-order valence-electron chi connectivity index (χ2n) is 4.04. The Labute approximate surface area is 113 Å². The van der Waals surface area contributed by atoms with E-state index in [1.54, 1.807) is 4.40 Å². The van der Waals surface area contributed by atoms with E-state index in [0.29, 0.717) is 15.9 Å². The highest BCUT2D eigenvalue weighted by atomic mass is 32.2. The van der Waals surface area contributed by atoms with Crippen molar-refractivity contribution >= 4 is 23.7 Å². The number of hydrogen-bond donors (Lipinski definition) is 0. The largest absolute Gasteiger partial charge is 0.309 e. The predicted molar refractivity (Wildman–Crippen MR) is 70.4 cm³/mol. The monoisotopic (exact) mass is 273 g/mol. The number of nitrogens with zero attached hydrogens (tertiary/aromatic N) is 5. The lowest BCUT2D eigenvalue weighted by atomic mass is 10.4. The highest BCUT2D eigenvalue weighted by Gasteiger charge is 2.15. The Balaban J connectivity index is 2.10. The van der Waals surface area contributed by atoms with Crippen molar-refractivity contribution in [3.63, 3.8) is 0 Å². The summed E-state index contributed by atoms with van der Waals surface area (Å²) < 4.78 is 3.63. The lowest BCUT2D eigenvalue weighted by Crippen LogP contribution is -1.95. The van der Waals surface area contributed by atoms with Gasteiger partial charge in [-0.15, -0.1) is 10.2 Å². The number of fused-ring (bicyclic) bond motifs is 1. The Hall–Kier alpha value is -2.15. The molecule has 0 N–H and O–H groups in total. The second kappa shape index (κ2) is 4.51. The molecule has 0 amide bonds. The molecular weight excluding hydrogens is 262 g/mol. The fourth-order valence-corrected chi connectivity index (χ4v) is 2.65. The first-order valence-electron chi connectivity index (χ1n) is 5.67. The molecule has 0 aliphatic heterocycles. The summed E-state index contributed by atoms with van der Waals surface area (Å²) in [5, 5.41) is 9.41. The fourth-order valence-electron chi connectivity index (χ4n) is 1.74. The Kier molecular flexibility index (Phi) is 2.83. The van der Waals surface area contributed by atoms with Gasteiger partial charge in [-0.05, 0) is 30.8 Å². The van der Waals surface area contributed by atoms with Crippen LogP contribution in [0.1, 0.15) is 16.3 Å². The van der Waals surface area contributed by atoms with Crippen LogP contribution in [0, 0.1) is 6.92 Å². The predicted octanol–water partition coefficient (Wildman–Crippen LogP) is 1.73. The van der Waals surface area contributed by atoms with Crippen molar-refractivity contribution < 1.29 is 4.79 Å². The molecule has 0 fully saturated rings. The minimum atomic E-state index is 0.529. The quantitative estimate of drug-likeness (QED) is 0.680. The number of imidazole rings is 1. The number of aromatic nitrogens is 5. The minimum Gasteiger partial charge on any atom is -0.309 e. The summed E-state index contributed by atoms with van der Waals surface area (Å²) in [6.45, 7) is 1.88. The zero-order chi connectivity index (χ0) is 13.4. The molecule has 3 rings (SSSR count). The van der Waals surface area contributed by atoms with Gasteiger partial charge in [0.1, 0.15) is 22.2 Å². The van der Waals surface area contributed by atoms with Gasteiger partial charge in [0.25, 0.3) is 0 Å². The summed E-state index contributed by atoms with van der Waals surface area (Å²) in [7, 11) is 1.88. The maximum absolute atomic E-state index is 11.3. The summed E-state index contributed by atoms with van der Waals surface area (Å²) in [5.41, 5.74) is 1.27. The van der Waals surface area contributed by atoms with Crippen LogP contribution in [0.25, 0.3) is 5.65 Å². The van der Waals surface area contributed by atoms with Crippen LogP contribution in [-0.4, -0.2) is 30.4 Å². The third-order valence-electron chi connectivity index (χ3n) is 2.89. The van der Waals surface area contributed by atoms with Crippen molar-refractivity contribution in [3.8, 4) is 0 Å². The van der Waals surface area contributed by atoms with Crippen LogP contribution in [0.3, 0.4) is 0 Å². The molecule has 0 saturated heterocycles. The molecule has 3 aromatic rings. The van der Waals surface area contributed by atoms with E-state index >= 15 is 0 Å².